The van der Waals surface area contributed by atoms with Gasteiger partial charge in [-0.2, -0.15) is 0 Å². The minimum atomic E-state index is -0.515. The summed E-state index contributed by atoms with van der Waals surface area (Å²) in [5.74, 6) is 1.18. The summed E-state index contributed by atoms with van der Waals surface area (Å²) >= 11 is 0. The molecular formula is C30H42N2O2. The van der Waals surface area contributed by atoms with Gasteiger partial charge in [0, 0.05) is 31.7 Å². The number of benzene rings is 2. The summed E-state index contributed by atoms with van der Waals surface area (Å²) in [5, 5.41) is 0. The van der Waals surface area contributed by atoms with Gasteiger partial charge in [-0.1, -0.05) is 52.0 Å². The second-order valence-electron chi connectivity index (χ2n) is 11.7. The molecule has 4 nitrogen and oxygen atoms in total. The fourth-order valence-electron chi connectivity index (χ4n) is 5.44. The Bertz CT molecular complexity index is 1060. The van der Waals surface area contributed by atoms with Crippen LogP contribution in [0.5, 0.6) is 0 Å². The van der Waals surface area contributed by atoms with Crippen LogP contribution >= 0.6 is 0 Å². The monoisotopic (exact) mass is 462 g/mol. The first-order valence-electron chi connectivity index (χ1n) is 13.0. The normalized spacial score (nSPS) is 18.2. The molecule has 0 aliphatic carbocycles. The van der Waals surface area contributed by atoms with Crippen molar-refractivity contribution >= 4 is 17.5 Å². The van der Waals surface area contributed by atoms with Crippen molar-refractivity contribution in [3.63, 3.8) is 0 Å². The van der Waals surface area contributed by atoms with E-state index in [2.05, 4.69) is 70.0 Å². The molecule has 2 heterocycles. The smallest absolute Gasteiger partial charge is 0.414 e. The van der Waals surface area contributed by atoms with Crippen LogP contribution in [0.1, 0.15) is 107 Å². The Morgan fingerprint density at radius 2 is 1.65 bits per heavy atom. The SMILES string of the molecule is CC(C)c1ccc2c(c1)C(c1cc(C(C)C)cc3c1N(C)CCC3)CCN2C(=O)OC(C)(C)C. The Labute approximate surface area is 206 Å². The minimum Gasteiger partial charge on any atom is -0.443 e. The Morgan fingerprint density at radius 1 is 0.971 bits per heavy atom. The maximum Gasteiger partial charge on any atom is 0.414 e. The van der Waals surface area contributed by atoms with Crippen LogP contribution in [0.25, 0.3) is 0 Å². The van der Waals surface area contributed by atoms with E-state index in [1.54, 1.807) is 0 Å². The molecule has 1 amide bonds. The van der Waals surface area contributed by atoms with Gasteiger partial charge >= 0.3 is 6.09 Å². The van der Waals surface area contributed by atoms with Crippen molar-refractivity contribution in [2.45, 2.75) is 91.1 Å². The Hall–Kier alpha value is -2.49. The summed E-state index contributed by atoms with van der Waals surface area (Å²) in [5.41, 5.74) is 8.78. The zero-order chi connectivity index (χ0) is 24.8. The molecule has 184 valence electrons. The van der Waals surface area contributed by atoms with E-state index in [0.717, 1.165) is 25.1 Å². The molecule has 2 aliphatic heterocycles. The molecule has 0 radical (unpaired) electrons. The largest absolute Gasteiger partial charge is 0.443 e. The molecular weight excluding hydrogens is 420 g/mol. The molecule has 2 aromatic rings. The highest BCUT2D eigenvalue weighted by Gasteiger charge is 2.35. The second kappa shape index (κ2) is 9.28. The standard InChI is InChI=1S/C30H42N2O2/c1-19(2)21-11-12-27-25(17-21)24(13-15-32(27)29(33)34-30(5,6)7)26-18-23(20(3)4)16-22-10-9-14-31(8)28(22)26/h11-12,16-20,24H,9-10,13-15H2,1-8H3. The highest BCUT2D eigenvalue weighted by molar-refractivity contribution is 5.90. The molecule has 1 atom stereocenters. The van der Waals surface area contributed by atoms with Gasteiger partial charge in [-0.05, 0) is 85.8 Å². The van der Waals surface area contributed by atoms with Gasteiger partial charge in [0.2, 0.25) is 0 Å². The van der Waals surface area contributed by atoms with Crippen LogP contribution in [0.3, 0.4) is 0 Å². The number of aryl methyl sites for hydroxylation is 1. The van der Waals surface area contributed by atoms with Crippen LogP contribution in [0.2, 0.25) is 0 Å². The van der Waals surface area contributed by atoms with Crippen molar-refractivity contribution in [2.75, 3.05) is 29.9 Å². The third kappa shape index (κ3) is 4.82. The lowest BCUT2D eigenvalue weighted by molar-refractivity contribution is 0.0577. The van der Waals surface area contributed by atoms with Gasteiger partial charge in [-0.15, -0.1) is 0 Å². The molecule has 0 N–H and O–H groups in total. The van der Waals surface area contributed by atoms with E-state index in [-0.39, 0.29) is 12.0 Å². The van der Waals surface area contributed by atoms with E-state index in [9.17, 15) is 4.79 Å². The molecule has 0 spiro atoms. The predicted molar refractivity (Wildman–Crippen MR) is 143 cm³/mol. The lowest BCUT2D eigenvalue weighted by Gasteiger charge is -2.39. The number of hydrogen-bond donors (Lipinski definition) is 0. The average molecular weight is 463 g/mol. The molecule has 2 aromatic carbocycles. The first-order valence-corrected chi connectivity index (χ1v) is 13.0. The van der Waals surface area contributed by atoms with Crippen molar-refractivity contribution in [1.29, 1.82) is 0 Å². The van der Waals surface area contributed by atoms with Crippen LogP contribution in [0, 0.1) is 0 Å². The highest BCUT2D eigenvalue weighted by atomic mass is 16.6. The molecule has 0 bridgehead atoms. The molecule has 0 saturated carbocycles. The first kappa shape index (κ1) is 24.6. The maximum absolute atomic E-state index is 13.2. The average Bonchev–Trinajstić information content (AvgIpc) is 2.76. The summed E-state index contributed by atoms with van der Waals surface area (Å²) < 4.78 is 5.79. The van der Waals surface area contributed by atoms with Crippen LogP contribution in [0.4, 0.5) is 16.2 Å². The van der Waals surface area contributed by atoms with Crippen LogP contribution in [-0.4, -0.2) is 31.8 Å². The molecule has 0 fully saturated rings. The summed E-state index contributed by atoms with van der Waals surface area (Å²) in [7, 11) is 2.23. The van der Waals surface area contributed by atoms with Crippen LogP contribution in [0.15, 0.2) is 30.3 Å². The Balaban J connectivity index is 1.87. The summed E-state index contributed by atoms with van der Waals surface area (Å²) in [6.07, 6.45) is 2.99. The van der Waals surface area contributed by atoms with E-state index >= 15 is 0 Å². The predicted octanol–water partition coefficient (Wildman–Crippen LogP) is 7.59. The maximum atomic E-state index is 13.2. The van der Waals surface area contributed by atoms with E-state index in [0.29, 0.717) is 18.4 Å². The summed E-state index contributed by atoms with van der Waals surface area (Å²) in [6, 6.07) is 11.5. The van der Waals surface area contributed by atoms with Crippen LogP contribution in [-0.2, 0) is 11.2 Å². The van der Waals surface area contributed by atoms with E-state index in [1.807, 2.05) is 25.7 Å². The van der Waals surface area contributed by atoms with Crippen molar-refractivity contribution in [3.05, 3.63) is 58.1 Å². The van der Waals surface area contributed by atoms with E-state index < -0.39 is 5.60 Å². The van der Waals surface area contributed by atoms with E-state index in [4.69, 9.17) is 4.74 Å². The zero-order valence-electron chi connectivity index (χ0n) is 22.4. The number of hydrogen-bond acceptors (Lipinski definition) is 3. The van der Waals surface area contributed by atoms with Gasteiger partial charge < -0.3 is 9.64 Å². The number of nitrogens with zero attached hydrogens (tertiary/aromatic N) is 2. The molecule has 4 heteroatoms. The third-order valence-corrected chi connectivity index (χ3v) is 7.24. The molecule has 1 unspecified atom stereocenters. The number of amides is 1. The zero-order valence-corrected chi connectivity index (χ0v) is 22.4. The molecule has 0 saturated heterocycles. The van der Waals surface area contributed by atoms with Gasteiger partial charge in [-0.25, -0.2) is 4.79 Å². The molecule has 2 aliphatic rings. The number of carbonyl (C=O) groups excluding carboxylic acids is 1. The summed E-state index contributed by atoms with van der Waals surface area (Å²) in [6.45, 7) is 16.6. The summed E-state index contributed by atoms with van der Waals surface area (Å²) in [4.78, 5) is 17.5. The fraction of sp³-hybridized carbons (Fsp3) is 0.567. The molecule has 0 aromatic heterocycles. The van der Waals surface area contributed by atoms with Gasteiger partial charge in [0.1, 0.15) is 5.60 Å². The number of fused-ring (bicyclic) bond motifs is 2. The van der Waals surface area contributed by atoms with Crippen molar-refractivity contribution in [1.82, 2.24) is 0 Å². The number of ether oxygens (including phenoxy) is 1. The third-order valence-electron chi connectivity index (χ3n) is 7.24. The van der Waals surface area contributed by atoms with Crippen LogP contribution < -0.4 is 9.80 Å². The Morgan fingerprint density at radius 3 is 2.29 bits per heavy atom. The number of rotatable bonds is 3. The second-order valence-corrected chi connectivity index (χ2v) is 11.7. The molecule has 4 rings (SSSR count). The number of carbonyl (C=O) groups is 1. The number of anilines is 2. The van der Waals surface area contributed by atoms with E-state index in [1.165, 1.54) is 39.9 Å². The van der Waals surface area contributed by atoms with Gasteiger partial charge in [0.25, 0.3) is 0 Å². The van der Waals surface area contributed by atoms with Crippen molar-refractivity contribution in [3.8, 4) is 0 Å². The lowest BCUT2D eigenvalue weighted by atomic mass is 9.78. The first-order chi connectivity index (χ1) is 16.0. The topological polar surface area (TPSA) is 32.8 Å². The van der Waals surface area contributed by atoms with Crippen molar-refractivity contribution < 1.29 is 9.53 Å². The highest BCUT2D eigenvalue weighted by Crippen LogP contribution is 2.46. The fourth-order valence-corrected chi connectivity index (χ4v) is 5.44. The van der Waals surface area contributed by atoms with Gasteiger partial charge in [0.05, 0.1) is 5.69 Å². The quantitative estimate of drug-likeness (QED) is 0.471. The van der Waals surface area contributed by atoms with Crippen molar-refractivity contribution in [2.24, 2.45) is 0 Å². The Kier molecular flexibility index (Phi) is 6.72. The lowest BCUT2D eigenvalue weighted by Crippen LogP contribution is -2.41. The van der Waals surface area contributed by atoms with Gasteiger partial charge in [0.15, 0.2) is 0 Å². The molecule has 34 heavy (non-hydrogen) atoms. The minimum absolute atomic E-state index is 0.250. The van der Waals surface area contributed by atoms with Gasteiger partial charge in [-0.3, -0.25) is 4.90 Å².